The Bertz CT molecular complexity index is 657. The molecule has 0 unspecified atom stereocenters. The highest BCUT2D eigenvalue weighted by Gasteiger charge is 2.05. The summed E-state index contributed by atoms with van der Waals surface area (Å²) < 4.78 is 10.8. The number of hydrogen-bond acceptors (Lipinski definition) is 4. The Morgan fingerprint density at radius 2 is 1.74 bits per heavy atom. The lowest BCUT2D eigenvalue weighted by molar-refractivity contribution is 0.234. The Morgan fingerprint density at radius 3 is 2.35 bits per heavy atom. The molecule has 2 amide bonds. The standard InChI is InChI=1S/C17H21N3O3/c1-3-22-13-5-7-14(8-6-13)23-11-19-17(21)20-16-9-4-12(2)10-15(16)18/h4-10H,3,11,18H2,1-2H3,(H2,19,20,21). The first-order valence-corrected chi connectivity index (χ1v) is 7.35. The number of nitrogens with one attached hydrogen (secondary N) is 2. The topological polar surface area (TPSA) is 85.6 Å². The molecule has 4 N–H and O–H groups in total. The maximum absolute atomic E-state index is 11.8. The number of ether oxygens (including phenoxy) is 2. The van der Waals surface area contributed by atoms with Crippen molar-refractivity contribution in [2.75, 3.05) is 24.4 Å². The maximum atomic E-state index is 11.8. The van der Waals surface area contributed by atoms with Gasteiger partial charge in [0.2, 0.25) is 0 Å². The summed E-state index contributed by atoms with van der Waals surface area (Å²) in [5, 5.41) is 5.28. The van der Waals surface area contributed by atoms with E-state index in [2.05, 4.69) is 10.6 Å². The molecule has 0 radical (unpaired) electrons. The van der Waals surface area contributed by atoms with Gasteiger partial charge < -0.3 is 25.8 Å². The largest absolute Gasteiger partial charge is 0.494 e. The molecule has 0 aromatic heterocycles. The summed E-state index contributed by atoms with van der Waals surface area (Å²) in [5.74, 6) is 1.42. The van der Waals surface area contributed by atoms with Gasteiger partial charge in [0.15, 0.2) is 6.73 Å². The average molecular weight is 315 g/mol. The Hall–Kier alpha value is -2.89. The molecule has 0 saturated heterocycles. The number of benzene rings is 2. The van der Waals surface area contributed by atoms with Crippen molar-refractivity contribution in [1.29, 1.82) is 0 Å². The molecule has 0 bridgehead atoms. The van der Waals surface area contributed by atoms with Gasteiger partial charge in [0, 0.05) is 0 Å². The van der Waals surface area contributed by atoms with Gasteiger partial charge in [-0.15, -0.1) is 0 Å². The first-order chi connectivity index (χ1) is 11.1. The summed E-state index contributed by atoms with van der Waals surface area (Å²) in [6, 6.07) is 12.2. The van der Waals surface area contributed by atoms with Crippen molar-refractivity contribution in [3.8, 4) is 11.5 Å². The summed E-state index contributed by atoms with van der Waals surface area (Å²) in [6.07, 6.45) is 0. The van der Waals surface area contributed by atoms with E-state index in [9.17, 15) is 4.79 Å². The Labute approximate surface area is 135 Å². The number of hydrogen-bond donors (Lipinski definition) is 3. The first-order valence-electron chi connectivity index (χ1n) is 7.35. The van der Waals surface area contributed by atoms with Crippen molar-refractivity contribution in [1.82, 2.24) is 5.32 Å². The van der Waals surface area contributed by atoms with Crippen LogP contribution in [-0.2, 0) is 0 Å². The van der Waals surface area contributed by atoms with E-state index in [1.807, 2.05) is 32.0 Å². The van der Waals surface area contributed by atoms with Crippen LogP contribution in [0.15, 0.2) is 42.5 Å². The van der Waals surface area contributed by atoms with Gasteiger partial charge in [-0.2, -0.15) is 0 Å². The molecule has 2 aromatic rings. The normalized spacial score (nSPS) is 10.0. The van der Waals surface area contributed by atoms with Crippen LogP contribution in [0.1, 0.15) is 12.5 Å². The van der Waals surface area contributed by atoms with E-state index in [1.165, 1.54) is 0 Å². The van der Waals surface area contributed by atoms with Crippen LogP contribution in [0.25, 0.3) is 0 Å². The number of anilines is 2. The predicted molar refractivity (Wildman–Crippen MR) is 90.9 cm³/mol. The lowest BCUT2D eigenvalue weighted by Crippen LogP contribution is -2.32. The van der Waals surface area contributed by atoms with Crippen molar-refractivity contribution < 1.29 is 14.3 Å². The predicted octanol–water partition coefficient (Wildman–Crippen LogP) is 3.13. The second-order valence-electron chi connectivity index (χ2n) is 4.91. The van der Waals surface area contributed by atoms with Gasteiger partial charge in [0.05, 0.1) is 18.0 Å². The van der Waals surface area contributed by atoms with Crippen molar-refractivity contribution in [3.05, 3.63) is 48.0 Å². The molecule has 0 heterocycles. The first kappa shape index (κ1) is 16.5. The molecule has 0 aliphatic heterocycles. The van der Waals surface area contributed by atoms with Gasteiger partial charge in [-0.05, 0) is 55.8 Å². The van der Waals surface area contributed by atoms with Gasteiger partial charge in [0.1, 0.15) is 11.5 Å². The zero-order chi connectivity index (χ0) is 16.7. The summed E-state index contributed by atoms with van der Waals surface area (Å²) in [5.41, 5.74) is 7.96. The fraction of sp³-hybridized carbons (Fsp3) is 0.235. The van der Waals surface area contributed by atoms with Crippen LogP contribution in [0.5, 0.6) is 11.5 Å². The Kier molecular flexibility index (Phi) is 5.68. The van der Waals surface area contributed by atoms with Crippen molar-refractivity contribution in [2.24, 2.45) is 0 Å². The van der Waals surface area contributed by atoms with E-state index in [1.54, 1.807) is 24.3 Å². The van der Waals surface area contributed by atoms with E-state index in [0.29, 0.717) is 23.7 Å². The molecule has 6 nitrogen and oxygen atoms in total. The number of carbonyl (C=O) groups is 1. The molecular formula is C17H21N3O3. The minimum Gasteiger partial charge on any atom is -0.494 e. The number of rotatable bonds is 6. The molecule has 122 valence electrons. The van der Waals surface area contributed by atoms with Crippen LogP contribution < -0.4 is 25.8 Å². The lowest BCUT2D eigenvalue weighted by atomic mass is 10.2. The number of carbonyl (C=O) groups excluding carboxylic acids is 1. The molecular weight excluding hydrogens is 294 g/mol. The zero-order valence-corrected chi connectivity index (χ0v) is 13.3. The molecule has 0 fully saturated rings. The highest BCUT2D eigenvalue weighted by molar-refractivity contribution is 5.92. The van der Waals surface area contributed by atoms with Gasteiger partial charge in [-0.25, -0.2) is 4.79 Å². The highest BCUT2D eigenvalue weighted by atomic mass is 16.5. The van der Waals surface area contributed by atoms with Crippen LogP contribution in [0, 0.1) is 6.92 Å². The van der Waals surface area contributed by atoms with E-state index >= 15 is 0 Å². The van der Waals surface area contributed by atoms with E-state index in [-0.39, 0.29) is 12.8 Å². The second kappa shape index (κ2) is 7.93. The minimum absolute atomic E-state index is 0.0472. The smallest absolute Gasteiger partial charge is 0.321 e. The summed E-state index contributed by atoms with van der Waals surface area (Å²) in [4.78, 5) is 11.8. The SMILES string of the molecule is CCOc1ccc(OCNC(=O)Nc2ccc(C)cc2N)cc1. The fourth-order valence-corrected chi connectivity index (χ4v) is 1.95. The molecule has 0 saturated carbocycles. The molecule has 23 heavy (non-hydrogen) atoms. The number of urea groups is 1. The maximum Gasteiger partial charge on any atom is 0.321 e. The number of amides is 2. The number of nitrogen functional groups attached to an aromatic ring is 1. The quantitative estimate of drug-likeness (QED) is 0.564. The third-order valence-corrected chi connectivity index (χ3v) is 3.06. The summed E-state index contributed by atoms with van der Waals surface area (Å²) in [7, 11) is 0. The lowest BCUT2D eigenvalue weighted by Gasteiger charge is -2.11. The fourth-order valence-electron chi connectivity index (χ4n) is 1.95. The number of nitrogens with two attached hydrogens (primary N) is 1. The van der Waals surface area contributed by atoms with Crippen LogP contribution in [0.4, 0.5) is 16.2 Å². The van der Waals surface area contributed by atoms with E-state index in [0.717, 1.165) is 11.3 Å². The molecule has 0 atom stereocenters. The molecule has 2 rings (SSSR count). The third kappa shape index (κ3) is 5.10. The summed E-state index contributed by atoms with van der Waals surface area (Å²) in [6.45, 7) is 4.52. The molecule has 0 aliphatic rings. The van der Waals surface area contributed by atoms with Crippen LogP contribution in [-0.4, -0.2) is 19.4 Å². The van der Waals surface area contributed by atoms with Crippen LogP contribution in [0.3, 0.4) is 0 Å². The molecule has 0 spiro atoms. The monoisotopic (exact) mass is 315 g/mol. The average Bonchev–Trinajstić information content (AvgIpc) is 2.52. The third-order valence-electron chi connectivity index (χ3n) is 3.06. The zero-order valence-electron chi connectivity index (χ0n) is 13.3. The number of aryl methyl sites for hydroxylation is 1. The molecule has 0 aliphatic carbocycles. The Morgan fingerprint density at radius 1 is 1.09 bits per heavy atom. The van der Waals surface area contributed by atoms with Crippen molar-refractivity contribution in [2.45, 2.75) is 13.8 Å². The van der Waals surface area contributed by atoms with Crippen LogP contribution in [0.2, 0.25) is 0 Å². The highest BCUT2D eigenvalue weighted by Crippen LogP contribution is 2.19. The van der Waals surface area contributed by atoms with Crippen molar-refractivity contribution in [3.63, 3.8) is 0 Å². The van der Waals surface area contributed by atoms with E-state index < -0.39 is 0 Å². The Balaban J connectivity index is 1.78. The van der Waals surface area contributed by atoms with Gasteiger partial charge in [0.25, 0.3) is 0 Å². The van der Waals surface area contributed by atoms with Gasteiger partial charge >= 0.3 is 6.03 Å². The van der Waals surface area contributed by atoms with E-state index in [4.69, 9.17) is 15.2 Å². The molecule has 6 heteroatoms. The molecule has 2 aromatic carbocycles. The van der Waals surface area contributed by atoms with Crippen molar-refractivity contribution >= 4 is 17.4 Å². The second-order valence-corrected chi connectivity index (χ2v) is 4.91. The van der Waals surface area contributed by atoms with Gasteiger partial charge in [-0.1, -0.05) is 6.07 Å². The summed E-state index contributed by atoms with van der Waals surface area (Å²) >= 11 is 0. The van der Waals surface area contributed by atoms with Crippen LogP contribution >= 0.6 is 0 Å². The van der Waals surface area contributed by atoms with Gasteiger partial charge in [-0.3, -0.25) is 0 Å². The minimum atomic E-state index is -0.383.